The van der Waals surface area contributed by atoms with Crippen molar-refractivity contribution in [2.24, 2.45) is 0 Å². The molecule has 1 aliphatic rings. The number of pyridine rings is 1. The van der Waals surface area contributed by atoms with Crippen LogP contribution in [0.15, 0.2) is 48.8 Å². The molecule has 1 saturated heterocycles. The van der Waals surface area contributed by atoms with Gasteiger partial charge in [0.05, 0.1) is 6.54 Å². The lowest BCUT2D eigenvalue weighted by molar-refractivity contribution is -0.130. The van der Waals surface area contributed by atoms with Crippen LogP contribution in [0.4, 0.5) is 4.79 Å². The van der Waals surface area contributed by atoms with Crippen molar-refractivity contribution < 1.29 is 14.8 Å². The van der Waals surface area contributed by atoms with Crippen LogP contribution in [0.25, 0.3) is 11.1 Å². The predicted molar refractivity (Wildman–Crippen MR) is 82.3 cm³/mol. The van der Waals surface area contributed by atoms with Crippen molar-refractivity contribution in [3.05, 3.63) is 54.4 Å². The lowest BCUT2D eigenvalue weighted by atomic mass is 10.1. The maximum absolute atomic E-state index is 11.8. The lowest BCUT2D eigenvalue weighted by Crippen LogP contribution is -2.41. The molecule has 23 heavy (non-hydrogen) atoms. The highest BCUT2D eigenvalue weighted by molar-refractivity contribution is 5.89. The number of amides is 3. The zero-order chi connectivity index (χ0) is 16.2. The second kappa shape index (κ2) is 6.45. The molecule has 0 unspecified atom stereocenters. The molecular weight excluding hydrogens is 296 g/mol. The van der Waals surface area contributed by atoms with E-state index in [1.54, 1.807) is 17.9 Å². The molecular formula is C16H16N4O3. The molecule has 2 aromatic rings. The number of carbonyl (C=O) groups excluding carboxylic acids is 2. The first-order valence-electron chi connectivity index (χ1n) is 7.16. The second-order valence-electron chi connectivity index (χ2n) is 5.29. The average Bonchev–Trinajstić information content (AvgIpc) is 2.96. The summed E-state index contributed by atoms with van der Waals surface area (Å²) in [6, 6.07) is 10.7. The van der Waals surface area contributed by atoms with Gasteiger partial charge in [-0.1, -0.05) is 24.3 Å². The summed E-state index contributed by atoms with van der Waals surface area (Å²) >= 11 is 0. The van der Waals surface area contributed by atoms with E-state index in [0.717, 1.165) is 16.7 Å². The van der Waals surface area contributed by atoms with Crippen molar-refractivity contribution in [2.45, 2.75) is 12.6 Å². The van der Waals surface area contributed by atoms with Gasteiger partial charge in [0.25, 0.3) is 5.91 Å². The summed E-state index contributed by atoms with van der Waals surface area (Å²) in [7, 11) is 0. The molecule has 0 spiro atoms. The van der Waals surface area contributed by atoms with Gasteiger partial charge in [0.1, 0.15) is 6.04 Å². The molecule has 0 aliphatic carbocycles. The molecule has 1 atom stereocenters. The number of benzene rings is 1. The number of nitrogens with one attached hydrogen (secondary N) is 2. The number of urea groups is 1. The van der Waals surface area contributed by atoms with E-state index in [0.29, 0.717) is 6.54 Å². The third-order valence-corrected chi connectivity index (χ3v) is 3.76. The second-order valence-corrected chi connectivity index (χ2v) is 5.29. The first-order valence-corrected chi connectivity index (χ1v) is 7.16. The largest absolute Gasteiger partial charge is 0.324 e. The van der Waals surface area contributed by atoms with Gasteiger partial charge in [0.15, 0.2) is 0 Å². The van der Waals surface area contributed by atoms with Gasteiger partial charge in [-0.15, -0.1) is 0 Å². The van der Waals surface area contributed by atoms with Gasteiger partial charge >= 0.3 is 6.03 Å². The highest BCUT2D eigenvalue weighted by atomic mass is 16.5. The van der Waals surface area contributed by atoms with Crippen LogP contribution in [0.1, 0.15) is 5.56 Å². The standard InChI is InChI=1S/C16H16N4O3/c21-15(19-23)14-10-20(16(22)18-14)9-11-1-3-12(4-2-11)13-5-7-17-8-6-13/h1-8,14,23H,9-10H2,(H,18,22)(H,19,21)/t14-/m1/s1. The maximum Gasteiger partial charge on any atom is 0.318 e. The van der Waals surface area contributed by atoms with Crippen LogP contribution in [-0.2, 0) is 11.3 Å². The van der Waals surface area contributed by atoms with Crippen molar-refractivity contribution in [1.29, 1.82) is 0 Å². The molecule has 7 nitrogen and oxygen atoms in total. The van der Waals surface area contributed by atoms with E-state index in [1.807, 2.05) is 36.4 Å². The van der Waals surface area contributed by atoms with E-state index in [-0.39, 0.29) is 12.6 Å². The Hall–Kier alpha value is -2.93. The van der Waals surface area contributed by atoms with E-state index in [2.05, 4.69) is 10.3 Å². The molecule has 0 saturated carbocycles. The van der Waals surface area contributed by atoms with Gasteiger partial charge in [0, 0.05) is 18.9 Å². The van der Waals surface area contributed by atoms with Crippen LogP contribution in [-0.4, -0.2) is 39.6 Å². The van der Waals surface area contributed by atoms with Crippen molar-refractivity contribution in [3.8, 4) is 11.1 Å². The van der Waals surface area contributed by atoms with Crippen molar-refractivity contribution in [2.75, 3.05) is 6.54 Å². The molecule has 3 rings (SSSR count). The smallest absolute Gasteiger partial charge is 0.318 e. The Labute approximate surface area is 132 Å². The summed E-state index contributed by atoms with van der Waals surface area (Å²) in [5, 5.41) is 11.1. The molecule has 1 aromatic heterocycles. The first kappa shape index (κ1) is 15.0. The Morgan fingerprint density at radius 3 is 2.52 bits per heavy atom. The van der Waals surface area contributed by atoms with Gasteiger partial charge in [-0.25, -0.2) is 10.3 Å². The molecule has 2 heterocycles. The number of carbonyl (C=O) groups is 2. The summed E-state index contributed by atoms with van der Waals surface area (Å²) < 4.78 is 0. The fourth-order valence-electron chi connectivity index (χ4n) is 2.52. The summed E-state index contributed by atoms with van der Waals surface area (Å²) in [5.41, 5.74) is 4.66. The Kier molecular flexibility index (Phi) is 4.20. The van der Waals surface area contributed by atoms with Crippen LogP contribution in [0.2, 0.25) is 0 Å². The van der Waals surface area contributed by atoms with E-state index in [4.69, 9.17) is 5.21 Å². The highest BCUT2D eigenvalue weighted by Gasteiger charge is 2.33. The third-order valence-electron chi connectivity index (χ3n) is 3.76. The number of hydroxylamine groups is 1. The molecule has 1 aromatic carbocycles. The Bertz CT molecular complexity index is 703. The molecule has 118 valence electrons. The average molecular weight is 312 g/mol. The van der Waals surface area contributed by atoms with Gasteiger partial charge in [-0.3, -0.25) is 15.0 Å². The monoisotopic (exact) mass is 312 g/mol. The van der Waals surface area contributed by atoms with Crippen LogP contribution >= 0.6 is 0 Å². The van der Waals surface area contributed by atoms with Gasteiger partial charge in [0.2, 0.25) is 0 Å². The van der Waals surface area contributed by atoms with E-state index >= 15 is 0 Å². The zero-order valence-corrected chi connectivity index (χ0v) is 12.3. The SMILES string of the molecule is O=C(NO)[C@H]1CN(Cc2ccc(-c3ccncc3)cc2)C(=O)N1. The van der Waals surface area contributed by atoms with E-state index in [9.17, 15) is 9.59 Å². The Morgan fingerprint density at radius 2 is 1.87 bits per heavy atom. The number of rotatable bonds is 4. The lowest BCUT2D eigenvalue weighted by Gasteiger charge is -2.14. The van der Waals surface area contributed by atoms with Gasteiger partial charge < -0.3 is 10.2 Å². The summed E-state index contributed by atoms with van der Waals surface area (Å²) in [6.07, 6.45) is 3.48. The number of nitrogens with zero attached hydrogens (tertiary/aromatic N) is 2. The predicted octanol–water partition coefficient (Wildman–Crippen LogP) is 1.15. The summed E-state index contributed by atoms with van der Waals surface area (Å²) in [5.74, 6) is -0.617. The minimum Gasteiger partial charge on any atom is -0.324 e. The Morgan fingerprint density at radius 1 is 1.22 bits per heavy atom. The molecule has 7 heteroatoms. The van der Waals surface area contributed by atoms with Gasteiger partial charge in [-0.05, 0) is 28.8 Å². The minimum atomic E-state index is -0.733. The third kappa shape index (κ3) is 3.29. The van der Waals surface area contributed by atoms with Gasteiger partial charge in [-0.2, -0.15) is 0 Å². The molecule has 3 amide bonds. The number of hydrogen-bond acceptors (Lipinski definition) is 4. The van der Waals surface area contributed by atoms with Crippen molar-refractivity contribution in [1.82, 2.24) is 20.7 Å². The summed E-state index contributed by atoms with van der Waals surface area (Å²) in [4.78, 5) is 28.7. The fourth-order valence-corrected chi connectivity index (χ4v) is 2.52. The topological polar surface area (TPSA) is 94.6 Å². The number of hydrogen-bond donors (Lipinski definition) is 3. The van der Waals surface area contributed by atoms with E-state index < -0.39 is 11.9 Å². The van der Waals surface area contributed by atoms with Crippen LogP contribution in [0.3, 0.4) is 0 Å². The van der Waals surface area contributed by atoms with Crippen LogP contribution in [0.5, 0.6) is 0 Å². The van der Waals surface area contributed by atoms with Crippen LogP contribution in [0, 0.1) is 0 Å². The maximum atomic E-state index is 11.8. The minimum absolute atomic E-state index is 0.220. The summed E-state index contributed by atoms with van der Waals surface area (Å²) in [6.45, 7) is 0.620. The van der Waals surface area contributed by atoms with Crippen molar-refractivity contribution in [3.63, 3.8) is 0 Å². The molecule has 1 aliphatic heterocycles. The number of aromatic nitrogens is 1. The Balaban J connectivity index is 1.67. The first-order chi connectivity index (χ1) is 11.2. The fraction of sp³-hybridized carbons (Fsp3) is 0.188. The molecule has 1 fully saturated rings. The highest BCUT2D eigenvalue weighted by Crippen LogP contribution is 2.20. The molecule has 0 bridgehead atoms. The van der Waals surface area contributed by atoms with E-state index in [1.165, 1.54) is 4.90 Å². The normalized spacial score (nSPS) is 17.0. The molecule has 0 radical (unpaired) electrons. The van der Waals surface area contributed by atoms with Crippen LogP contribution < -0.4 is 10.8 Å². The zero-order valence-electron chi connectivity index (χ0n) is 12.3. The van der Waals surface area contributed by atoms with Crippen molar-refractivity contribution >= 4 is 11.9 Å². The quantitative estimate of drug-likeness (QED) is 0.583. The molecule has 3 N–H and O–H groups in total.